The van der Waals surface area contributed by atoms with Crippen LogP contribution in [0.15, 0.2) is 24.3 Å². The fraction of sp³-hybridized carbons (Fsp3) is 0.471. The highest BCUT2D eigenvalue weighted by molar-refractivity contribution is 5.42. The second kappa shape index (κ2) is 6.71. The third-order valence-corrected chi connectivity index (χ3v) is 3.82. The average Bonchev–Trinajstić information content (AvgIpc) is 2.71. The highest BCUT2D eigenvalue weighted by Crippen LogP contribution is 2.21. The summed E-state index contributed by atoms with van der Waals surface area (Å²) < 4.78 is 2.09. The summed E-state index contributed by atoms with van der Waals surface area (Å²) in [5.74, 6) is 0. The van der Waals surface area contributed by atoms with Gasteiger partial charge in [0.2, 0.25) is 0 Å². The highest BCUT2D eigenvalue weighted by Gasteiger charge is 2.13. The summed E-state index contributed by atoms with van der Waals surface area (Å²) in [7, 11) is 0. The first-order valence-electron chi connectivity index (χ1n) is 7.47. The first-order chi connectivity index (χ1) is 9.65. The predicted molar refractivity (Wildman–Crippen MR) is 84.6 cm³/mol. The van der Waals surface area contributed by atoms with Crippen molar-refractivity contribution in [2.45, 2.75) is 40.5 Å². The Balaban J connectivity index is 2.23. The van der Waals surface area contributed by atoms with E-state index in [1.165, 1.54) is 22.5 Å². The molecule has 0 spiro atoms. The van der Waals surface area contributed by atoms with Gasteiger partial charge in [0.1, 0.15) is 0 Å². The Hall–Kier alpha value is -1.61. The lowest BCUT2D eigenvalue weighted by Gasteiger charge is -2.08. The van der Waals surface area contributed by atoms with Crippen molar-refractivity contribution in [3.8, 4) is 5.69 Å². The smallest absolute Gasteiger partial charge is 0.0678 e. The molecule has 0 fully saturated rings. The number of nitrogens with zero attached hydrogens (tertiary/aromatic N) is 2. The second-order valence-electron chi connectivity index (χ2n) is 5.30. The Bertz CT molecular complexity index is 570. The molecule has 1 N–H and O–H groups in total. The summed E-state index contributed by atoms with van der Waals surface area (Å²) in [6.45, 7) is 10.7. The lowest BCUT2D eigenvalue weighted by atomic mass is 10.1. The average molecular weight is 271 g/mol. The van der Waals surface area contributed by atoms with Gasteiger partial charge < -0.3 is 5.32 Å². The van der Waals surface area contributed by atoms with Crippen LogP contribution in [0.3, 0.4) is 0 Å². The van der Waals surface area contributed by atoms with Crippen molar-refractivity contribution in [3.05, 3.63) is 46.8 Å². The number of benzene rings is 1. The van der Waals surface area contributed by atoms with Crippen LogP contribution in [0.25, 0.3) is 5.69 Å². The van der Waals surface area contributed by atoms with Crippen LogP contribution in [0.1, 0.15) is 35.9 Å². The van der Waals surface area contributed by atoms with E-state index in [9.17, 15) is 0 Å². The van der Waals surface area contributed by atoms with Gasteiger partial charge in [0.25, 0.3) is 0 Å². The van der Waals surface area contributed by atoms with Crippen LogP contribution in [0, 0.1) is 20.8 Å². The molecule has 0 amide bonds. The van der Waals surface area contributed by atoms with E-state index < -0.39 is 0 Å². The number of para-hydroxylation sites is 1. The Morgan fingerprint density at radius 3 is 2.60 bits per heavy atom. The van der Waals surface area contributed by atoms with Crippen molar-refractivity contribution in [1.82, 2.24) is 15.1 Å². The number of hydrogen-bond acceptors (Lipinski definition) is 2. The third-order valence-electron chi connectivity index (χ3n) is 3.82. The Kier molecular flexibility index (Phi) is 4.96. The Morgan fingerprint density at radius 2 is 1.90 bits per heavy atom. The molecular formula is C17H25N3. The van der Waals surface area contributed by atoms with Crippen LogP contribution in [0.2, 0.25) is 0 Å². The van der Waals surface area contributed by atoms with E-state index in [0.717, 1.165) is 31.6 Å². The molecule has 3 heteroatoms. The van der Waals surface area contributed by atoms with Crippen LogP contribution in [0.5, 0.6) is 0 Å². The number of rotatable bonds is 6. The number of aryl methyl sites for hydroxylation is 2. The highest BCUT2D eigenvalue weighted by atomic mass is 15.3. The quantitative estimate of drug-likeness (QED) is 0.817. The van der Waals surface area contributed by atoms with Gasteiger partial charge in [-0.25, -0.2) is 4.68 Å². The van der Waals surface area contributed by atoms with E-state index in [1.807, 2.05) is 0 Å². The van der Waals surface area contributed by atoms with E-state index in [1.54, 1.807) is 0 Å². The van der Waals surface area contributed by atoms with Gasteiger partial charge in [-0.15, -0.1) is 0 Å². The molecule has 3 nitrogen and oxygen atoms in total. The van der Waals surface area contributed by atoms with Crippen molar-refractivity contribution < 1.29 is 0 Å². The minimum Gasteiger partial charge on any atom is -0.317 e. The first kappa shape index (κ1) is 14.8. The number of nitrogens with one attached hydrogen (secondary N) is 1. The molecule has 2 aromatic rings. The molecule has 0 saturated heterocycles. The van der Waals surface area contributed by atoms with E-state index >= 15 is 0 Å². The van der Waals surface area contributed by atoms with E-state index in [4.69, 9.17) is 5.10 Å². The van der Waals surface area contributed by atoms with E-state index in [0.29, 0.717) is 0 Å². The van der Waals surface area contributed by atoms with Gasteiger partial charge in [-0.3, -0.25) is 0 Å². The molecule has 20 heavy (non-hydrogen) atoms. The third kappa shape index (κ3) is 3.10. The molecule has 1 aromatic heterocycles. The summed E-state index contributed by atoms with van der Waals surface area (Å²) in [5, 5.41) is 8.11. The van der Waals surface area contributed by atoms with Crippen LogP contribution < -0.4 is 5.32 Å². The zero-order chi connectivity index (χ0) is 14.5. The normalized spacial score (nSPS) is 11.0. The predicted octanol–water partition coefficient (Wildman–Crippen LogP) is 3.34. The van der Waals surface area contributed by atoms with Crippen molar-refractivity contribution in [2.75, 3.05) is 13.1 Å². The van der Waals surface area contributed by atoms with Gasteiger partial charge >= 0.3 is 0 Å². The van der Waals surface area contributed by atoms with Gasteiger partial charge in [-0.2, -0.15) is 5.10 Å². The second-order valence-corrected chi connectivity index (χ2v) is 5.30. The maximum absolute atomic E-state index is 4.74. The maximum atomic E-state index is 4.74. The van der Waals surface area contributed by atoms with Gasteiger partial charge in [-0.1, -0.05) is 25.1 Å². The monoisotopic (exact) mass is 271 g/mol. The molecule has 0 aliphatic rings. The van der Waals surface area contributed by atoms with Crippen molar-refractivity contribution >= 4 is 0 Å². The molecule has 0 radical (unpaired) electrons. The fourth-order valence-electron chi connectivity index (χ4n) is 2.64. The summed E-state index contributed by atoms with van der Waals surface area (Å²) >= 11 is 0. The lowest BCUT2D eigenvalue weighted by Crippen LogP contribution is -2.14. The minimum atomic E-state index is 1.04. The summed E-state index contributed by atoms with van der Waals surface area (Å²) in [6, 6.07) is 8.42. The van der Waals surface area contributed by atoms with Crippen molar-refractivity contribution in [3.63, 3.8) is 0 Å². The molecule has 1 heterocycles. The largest absolute Gasteiger partial charge is 0.317 e. The summed E-state index contributed by atoms with van der Waals surface area (Å²) in [4.78, 5) is 0. The van der Waals surface area contributed by atoms with Crippen LogP contribution in [-0.2, 0) is 6.42 Å². The Morgan fingerprint density at radius 1 is 1.15 bits per heavy atom. The zero-order valence-corrected chi connectivity index (χ0v) is 13.0. The van der Waals surface area contributed by atoms with Crippen LogP contribution in [-0.4, -0.2) is 22.9 Å². The van der Waals surface area contributed by atoms with E-state index in [-0.39, 0.29) is 0 Å². The molecule has 0 aliphatic heterocycles. The molecule has 0 atom stereocenters. The summed E-state index contributed by atoms with van der Waals surface area (Å²) in [5.41, 5.74) is 6.27. The number of aromatic nitrogens is 2. The molecule has 108 valence electrons. The standard InChI is InChI=1S/C17H25N3/c1-5-18-12-8-10-16-14(3)19-20(15(16)4)17-11-7-6-9-13(17)2/h6-7,9,11,18H,5,8,10,12H2,1-4H3. The molecule has 2 rings (SSSR count). The zero-order valence-electron chi connectivity index (χ0n) is 13.0. The van der Waals surface area contributed by atoms with Crippen LogP contribution in [0.4, 0.5) is 0 Å². The Labute approximate surface area is 122 Å². The van der Waals surface area contributed by atoms with Crippen LogP contribution >= 0.6 is 0 Å². The van der Waals surface area contributed by atoms with Crippen molar-refractivity contribution in [2.24, 2.45) is 0 Å². The van der Waals surface area contributed by atoms with Crippen molar-refractivity contribution in [1.29, 1.82) is 0 Å². The molecule has 0 bridgehead atoms. The van der Waals surface area contributed by atoms with E-state index in [2.05, 4.69) is 62.0 Å². The maximum Gasteiger partial charge on any atom is 0.0678 e. The molecular weight excluding hydrogens is 246 g/mol. The molecule has 0 saturated carbocycles. The van der Waals surface area contributed by atoms with Gasteiger partial charge in [-0.05, 0) is 63.9 Å². The summed E-state index contributed by atoms with van der Waals surface area (Å²) in [6.07, 6.45) is 2.26. The van der Waals surface area contributed by atoms with Gasteiger partial charge in [0, 0.05) is 5.69 Å². The van der Waals surface area contributed by atoms with Gasteiger partial charge in [0.15, 0.2) is 0 Å². The number of hydrogen-bond donors (Lipinski definition) is 1. The fourth-order valence-corrected chi connectivity index (χ4v) is 2.64. The van der Waals surface area contributed by atoms with Gasteiger partial charge in [0.05, 0.1) is 11.4 Å². The first-order valence-corrected chi connectivity index (χ1v) is 7.47. The SMILES string of the molecule is CCNCCCc1c(C)nn(-c2ccccc2C)c1C. The molecule has 1 aromatic carbocycles. The molecule has 0 aliphatic carbocycles. The topological polar surface area (TPSA) is 29.9 Å². The molecule has 0 unspecified atom stereocenters. The minimum absolute atomic E-state index is 1.04. The lowest BCUT2D eigenvalue weighted by molar-refractivity contribution is 0.670.